The second kappa shape index (κ2) is 7.73. The highest BCUT2D eigenvalue weighted by molar-refractivity contribution is 9.10. The maximum Gasteiger partial charge on any atom is 0.415 e. The zero-order valence-corrected chi connectivity index (χ0v) is 19.0. The van der Waals surface area contributed by atoms with E-state index in [2.05, 4.69) is 26.2 Å². The van der Waals surface area contributed by atoms with E-state index in [0.29, 0.717) is 10.0 Å². The number of benzene rings is 1. The molecule has 3 rings (SSSR count). The number of carbonyl (C=O) groups excluding carboxylic acids is 1. The fourth-order valence-corrected chi connectivity index (χ4v) is 4.38. The number of alkyl carbamates (subject to hydrolysis) is 1. The van der Waals surface area contributed by atoms with Crippen LogP contribution in [0, 0.1) is 5.82 Å². The number of ether oxygens (including phenoxy) is 2. The summed E-state index contributed by atoms with van der Waals surface area (Å²) in [6, 6.07) is 4.35. The molecule has 1 spiro atoms. The Morgan fingerprint density at radius 2 is 1.87 bits per heavy atom. The SMILES string of the molecule is CC(C)(C)OC(=O)NC1=NC(C)(c2cc(Br)ccc2F)CC2(CCC(F)(F)CC2)O1. The van der Waals surface area contributed by atoms with E-state index < -0.39 is 34.6 Å². The van der Waals surface area contributed by atoms with Gasteiger partial charge in [-0.2, -0.15) is 0 Å². The number of aliphatic imine (C=N–C) groups is 1. The van der Waals surface area contributed by atoms with Crippen LogP contribution in [0.5, 0.6) is 0 Å². The molecule has 0 aromatic heterocycles. The number of hydrogen-bond acceptors (Lipinski definition) is 4. The molecule has 1 aliphatic heterocycles. The Morgan fingerprint density at radius 1 is 1.23 bits per heavy atom. The van der Waals surface area contributed by atoms with Gasteiger partial charge < -0.3 is 9.47 Å². The fourth-order valence-electron chi connectivity index (χ4n) is 4.02. The highest BCUT2D eigenvalue weighted by Crippen LogP contribution is 2.49. The van der Waals surface area contributed by atoms with Crippen LogP contribution in [0.25, 0.3) is 0 Å². The van der Waals surface area contributed by atoms with Gasteiger partial charge in [0, 0.05) is 29.3 Å². The molecular weight excluding hydrogens is 465 g/mol. The highest BCUT2D eigenvalue weighted by atomic mass is 79.9. The molecule has 1 fully saturated rings. The van der Waals surface area contributed by atoms with Crippen LogP contribution in [0.3, 0.4) is 0 Å². The maximum atomic E-state index is 14.7. The largest absolute Gasteiger partial charge is 0.458 e. The van der Waals surface area contributed by atoms with Crippen LogP contribution >= 0.6 is 15.9 Å². The van der Waals surface area contributed by atoms with Crippen molar-refractivity contribution in [3.63, 3.8) is 0 Å². The van der Waals surface area contributed by atoms with Crippen molar-refractivity contribution < 1.29 is 27.4 Å². The first-order chi connectivity index (χ1) is 13.7. The van der Waals surface area contributed by atoms with Crippen molar-refractivity contribution in [2.24, 2.45) is 4.99 Å². The first-order valence-electron chi connectivity index (χ1n) is 9.83. The monoisotopic (exact) mass is 490 g/mol. The summed E-state index contributed by atoms with van der Waals surface area (Å²) in [6.07, 6.45) is -1.12. The molecule has 1 aliphatic carbocycles. The Morgan fingerprint density at radius 3 is 2.47 bits per heavy atom. The summed E-state index contributed by atoms with van der Waals surface area (Å²) in [6.45, 7) is 6.84. The minimum Gasteiger partial charge on any atom is -0.458 e. The molecule has 1 aromatic carbocycles. The van der Waals surface area contributed by atoms with E-state index in [1.165, 1.54) is 6.07 Å². The summed E-state index contributed by atoms with van der Waals surface area (Å²) in [5.74, 6) is -3.24. The van der Waals surface area contributed by atoms with Crippen LogP contribution in [0.2, 0.25) is 0 Å². The number of halogens is 4. The Balaban J connectivity index is 1.97. The van der Waals surface area contributed by atoms with Crippen molar-refractivity contribution in [3.05, 3.63) is 34.1 Å². The lowest BCUT2D eigenvalue weighted by atomic mass is 9.72. The number of carbonyl (C=O) groups is 1. The van der Waals surface area contributed by atoms with E-state index >= 15 is 0 Å². The summed E-state index contributed by atoms with van der Waals surface area (Å²) in [5.41, 5.74) is -2.57. The van der Waals surface area contributed by atoms with Gasteiger partial charge in [0.2, 0.25) is 5.92 Å². The van der Waals surface area contributed by atoms with E-state index in [0.717, 1.165) is 0 Å². The third-order valence-electron chi connectivity index (χ3n) is 5.34. The fraction of sp³-hybridized carbons (Fsp3) is 0.619. The normalized spacial score (nSPS) is 25.3. The minimum absolute atomic E-state index is 0.0697. The maximum absolute atomic E-state index is 14.7. The number of rotatable bonds is 1. The van der Waals surface area contributed by atoms with E-state index in [1.54, 1.807) is 39.8 Å². The summed E-state index contributed by atoms with van der Waals surface area (Å²) in [4.78, 5) is 16.8. The number of hydrogen-bond donors (Lipinski definition) is 1. The molecule has 0 saturated heterocycles. The third kappa shape index (κ3) is 5.28. The lowest BCUT2D eigenvalue weighted by Gasteiger charge is -2.47. The Labute approximate surface area is 182 Å². The van der Waals surface area contributed by atoms with Gasteiger partial charge in [-0.1, -0.05) is 15.9 Å². The molecule has 1 aromatic rings. The number of alkyl halides is 2. The third-order valence-corrected chi connectivity index (χ3v) is 5.83. The van der Waals surface area contributed by atoms with E-state index in [-0.39, 0.29) is 38.1 Å². The van der Waals surface area contributed by atoms with Crippen molar-refractivity contribution >= 4 is 28.0 Å². The van der Waals surface area contributed by atoms with Crippen LogP contribution < -0.4 is 5.32 Å². The van der Waals surface area contributed by atoms with Crippen molar-refractivity contribution in [2.75, 3.05) is 0 Å². The van der Waals surface area contributed by atoms with E-state index in [4.69, 9.17) is 9.47 Å². The van der Waals surface area contributed by atoms with Crippen molar-refractivity contribution in [1.82, 2.24) is 5.32 Å². The average molecular weight is 491 g/mol. The molecule has 9 heteroatoms. The van der Waals surface area contributed by atoms with Gasteiger partial charge in [-0.05, 0) is 58.7 Å². The average Bonchev–Trinajstić information content (AvgIpc) is 2.58. The molecule has 1 N–H and O–H groups in total. The lowest BCUT2D eigenvalue weighted by Crippen LogP contribution is -2.53. The van der Waals surface area contributed by atoms with E-state index in [1.807, 2.05) is 0 Å². The standard InChI is InChI=1S/C21H26BrF3N2O3/c1-18(2,3)30-17(28)26-16-27-19(4,14-11-13(22)5-6-15(14)23)12-20(29-16)7-9-21(24,25)10-8-20/h5-6,11H,7-10,12H2,1-4H3,(H,26,27,28). The van der Waals surface area contributed by atoms with Gasteiger partial charge >= 0.3 is 6.09 Å². The second-order valence-electron chi connectivity index (χ2n) is 9.26. The van der Waals surface area contributed by atoms with Gasteiger partial charge in [0.05, 0.1) is 5.54 Å². The first-order valence-corrected chi connectivity index (χ1v) is 10.6. The Hall–Kier alpha value is -1.77. The Kier molecular flexibility index (Phi) is 5.90. The van der Waals surface area contributed by atoms with Gasteiger partial charge in [0.25, 0.3) is 6.02 Å². The van der Waals surface area contributed by atoms with Crippen LogP contribution in [-0.4, -0.2) is 29.2 Å². The predicted molar refractivity (Wildman–Crippen MR) is 110 cm³/mol. The lowest BCUT2D eigenvalue weighted by molar-refractivity contribution is -0.113. The number of amidine groups is 1. The summed E-state index contributed by atoms with van der Waals surface area (Å²) < 4.78 is 54.2. The van der Waals surface area contributed by atoms with Crippen molar-refractivity contribution in [3.8, 4) is 0 Å². The minimum atomic E-state index is -2.76. The van der Waals surface area contributed by atoms with Crippen LogP contribution in [-0.2, 0) is 15.0 Å². The summed E-state index contributed by atoms with van der Waals surface area (Å²) in [7, 11) is 0. The molecule has 1 saturated carbocycles. The number of nitrogens with one attached hydrogen (secondary N) is 1. The topological polar surface area (TPSA) is 59.9 Å². The Bertz CT molecular complexity index is 860. The van der Waals surface area contributed by atoms with Gasteiger partial charge in [0.1, 0.15) is 17.0 Å². The van der Waals surface area contributed by atoms with E-state index in [9.17, 15) is 18.0 Å². The number of amides is 1. The van der Waals surface area contributed by atoms with Crippen molar-refractivity contribution in [2.45, 2.75) is 82.5 Å². The van der Waals surface area contributed by atoms with Gasteiger partial charge in [0.15, 0.2) is 0 Å². The number of nitrogens with zero attached hydrogens (tertiary/aromatic N) is 1. The molecule has 166 valence electrons. The van der Waals surface area contributed by atoms with Gasteiger partial charge in [-0.25, -0.2) is 28.3 Å². The molecule has 2 aliphatic rings. The highest BCUT2D eigenvalue weighted by Gasteiger charge is 2.52. The molecule has 1 amide bonds. The zero-order valence-electron chi connectivity index (χ0n) is 17.5. The molecule has 0 radical (unpaired) electrons. The molecule has 5 nitrogen and oxygen atoms in total. The zero-order chi connectivity index (χ0) is 22.4. The second-order valence-corrected chi connectivity index (χ2v) is 10.2. The molecule has 1 atom stereocenters. The molecular formula is C21H26BrF3N2O3. The predicted octanol–water partition coefficient (Wildman–Crippen LogP) is 6.05. The molecule has 30 heavy (non-hydrogen) atoms. The smallest absolute Gasteiger partial charge is 0.415 e. The van der Waals surface area contributed by atoms with Crippen LogP contribution in [0.1, 0.15) is 65.4 Å². The van der Waals surface area contributed by atoms with Crippen molar-refractivity contribution in [1.29, 1.82) is 0 Å². The molecule has 0 bridgehead atoms. The quantitative estimate of drug-likeness (QED) is 0.520. The molecule has 1 heterocycles. The summed E-state index contributed by atoms with van der Waals surface area (Å²) >= 11 is 3.34. The van der Waals surface area contributed by atoms with Crippen LogP contribution in [0.4, 0.5) is 18.0 Å². The summed E-state index contributed by atoms with van der Waals surface area (Å²) in [5, 5.41) is 2.47. The van der Waals surface area contributed by atoms with Gasteiger partial charge in [-0.15, -0.1) is 0 Å². The van der Waals surface area contributed by atoms with Gasteiger partial charge in [-0.3, -0.25) is 0 Å². The molecule has 1 unspecified atom stereocenters. The first kappa shape index (κ1) is 22.9. The van der Waals surface area contributed by atoms with Crippen LogP contribution in [0.15, 0.2) is 27.7 Å².